The molecule has 2 aliphatic rings. The Labute approximate surface area is 210 Å². The van der Waals surface area contributed by atoms with Crippen LogP contribution in [-0.4, -0.2) is 31.0 Å². The van der Waals surface area contributed by atoms with Crippen molar-refractivity contribution < 1.29 is 18.9 Å². The van der Waals surface area contributed by atoms with E-state index in [1.54, 1.807) is 13.2 Å². The molecule has 0 radical (unpaired) electrons. The van der Waals surface area contributed by atoms with E-state index in [1.165, 1.54) is 0 Å². The lowest BCUT2D eigenvalue weighted by Crippen LogP contribution is -2.33. The molecule has 35 heavy (non-hydrogen) atoms. The van der Waals surface area contributed by atoms with Crippen LogP contribution in [0.3, 0.4) is 0 Å². The molecule has 180 valence electrons. The van der Waals surface area contributed by atoms with Crippen LogP contribution >= 0.6 is 11.6 Å². The van der Waals surface area contributed by atoms with Crippen LogP contribution < -0.4 is 18.9 Å². The maximum Gasteiger partial charge on any atom is 0.214 e. The third-order valence-electron chi connectivity index (χ3n) is 6.08. The molecule has 0 N–H and O–H groups in total. The zero-order valence-electron chi connectivity index (χ0n) is 19.7. The molecule has 2 aliphatic heterocycles. The summed E-state index contributed by atoms with van der Waals surface area (Å²) in [5.74, 6) is 2.92. The second kappa shape index (κ2) is 9.92. The second-order valence-corrected chi connectivity index (χ2v) is 8.70. The standard InChI is InChI=1S/C28H27ClN2O4/c1-4-14-34-26-12-8-19(15-27(26)32-3)28-31-24(22-16-20(29)9-13-25(22)35-28)17-23(30-31)18-6-10-21(11-7-18)33-5-2/h4,6-13,15-16,24,28H,1,5,14,17H2,2-3H3/t24-,28-/m0/s1. The zero-order valence-corrected chi connectivity index (χ0v) is 20.5. The summed E-state index contributed by atoms with van der Waals surface area (Å²) in [6.07, 6.45) is 2.00. The number of rotatable bonds is 8. The van der Waals surface area contributed by atoms with Crippen molar-refractivity contribution in [2.24, 2.45) is 5.10 Å². The fourth-order valence-corrected chi connectivity index (χ4v) is 4.65. The Morgan fingerprint density at radius 2 is 1.91 bits per heavy atom. The molecule has 0 amide bonds. The molecular weight excluding hydrogens is 464 g/mol. The van der Waals surface area contributed by atoms with Crippen LogP contribution in [0.4, 0.5) is 0 Å². The van der Waals surface area contributed by atoms with Crippen molar-refractivity contribution in [3.8, 4) is 23.0 Å². The van der Waals surface area contributed by atoms with Crippen LogP contribution in [0, 0.1) is 0 Å². The minimum atomic E-state index is -0.434. The van der Waals surface area contributed by atoms with Crippen LogP contribution in [0.1, 0.15) is 42.3 Å². The SMILES string of the molecule is C=CCOc1ccc([C@@H]2Oc3ccc(Cl)cc3[C@@H]3CC(c4ccc(OCC)cc4)=NN32)cc1OC. The van der Waals surface area contributed by atoms with Crippen molar-refractivity contribution in [1.82, 2.24) is 5.01 Å². The van der Waals surface area contributed by atoms with E-state index in [-0.39, 0.29) is 6.04 Å². The fourth-order valence-electron chi connectivity index (χ4n) is 4.47. The maximum atomic E-state index is 6.47. The van der Waals surface area contributed by atoms with Crippen LogP contribution in [0.5, 0.6) is 23.0 Å². The molecule has 2 atom stereocenters. The van der Waals surface area contributed by atoms with E-state index in [2.05, 4.69) is 6.58 Å². The molecule has 0 fully saturated rings. The van der Waals surface area contributed by atoms with E-state index in [1.807, 2.05) is 72.6 Å². The van der Waals surface area contributed by atoms with Crippen LogP contribution in [0.25, 0.3) is 0 Å². The molecule has 2 heterocycles. The highest BCUT2D eigenvalue weighted by molar-refractivity contribution is 6.30. The van der Waals surface area contributed by atoms with Crippen molar-refractivity contribution in [3.05, 3.63) is 95.0 Å². The Morgan fingerprint density at radius 1 is 1.09 bits per heavy atom. The topological polar surface area (TPSA) is 52.5 Å². The van der Waals surface area contributed by atoms with Gasteiger partial charge in [0.1, 0.15) is 18.1 Å². The van der Waals surface area contributed by atoms with Gasteiger partial charge >= 0.3 is 0 Å². The first-order valence-corrected chi connectivity index (χ1v) is 12.0. The highest BCUT2D eigenvalue weighted by Crippen LogP contribution is 2.49. The predicted molar refractivity (Wildman–Crippen MR) is 137 cm³/mol. The number of methoxy groups -OCH3 is 1. The average Bonchev–Trinajstić information content (AvgIpc) is 3.33. The van der Waals surface area contributed by atoms with Gasteiger partial charge in [0.2, 0.25) is 6.23 Å². The molecule has 3 aromatic rings. The minimum Gasteiger partial charge on any atom is -0.494 e. The summed E-state index contributed by atoms with van der Waals surface area (Å²) in [5, 5.41) is 7.71. The fraction of sp³-hybridized carbons (Fsp3) is 0.250. The van der Waals surface area contributed by atoms with Gasteiger partial charge in [0.25, 0.3) is 0 Å². The molecule has 0 aromatic heterocycles. The lowest BCUT2D eigenvalue weighted by atomic mass is 9.96. The Kier molecular flexibility index (Phi) is 6.55. The molecule has 6 nitrogen and oxygen atoms in total. The van der Waals surface area contributed by atoms with E-state index in [0.717, 1.165) is 40.3 Å². The lowest BCUT2D eigenvalue weighted by Gasteiger charge is -2.38. The van der Waals surface area contributed by atoms with Gasteiger partial charge in [0.05, 0.1) is 25.5 Å². The molecule has 7 heteroatoms. The van der Waals surface area contributed by atoms with Gasteiger partial charge in [-0.3, -0.25) is 0 Å². The number of ether oxygens (including phenoxy) is 4. The maximum absolute atomic E-state index is 6.47. The highest BCUT2D eigenvalue weighted by atomic mass is 35.5. The van der Waals surface area contributed by atoms with E-state index in [4.69, 9.17) is 35.6 Å². The van der Waals surface area contributed by atoms with E-state index >= 15 is 0 Å². The van der Waals surface area contributed by atoms with E-state index in [9.17, 15) is 0 Å². The molecule has 0 aliphatic carbocycles. The summed E-state index contributed by atoms with van der Waals surface area (Å²) in [6.45, 7) is 6.71. The van der Waals surface area contributed by atoms with Crippen LogP contribution in [0.2, 0.25) is 5.02 Å². The van der Waals surface area contributed by atoms with Gasteiger partial charge in [-0.05, 0) is 73.2 Å². The van der Waals surface area contributed by atoms with Crippen LogP contribution in [0.15, 0.2) is 78.4 Å². The van der Waals surface area contributed by atoms with Gasteiger partial charge in [0, 0.05) is 22.6 Å². The first-order chi connectivity index (χ1) is 17.1. The van der Waals surface area contributed by atoms with Gasteiger partial charge in [-0.2, -0.15) is 5.10 Å². The smallest absolute Gasteiger partial charge is 0.214 e. The Bertz CT molecular complexity index is 1260. The van der Waals surface area contributed by atoms with Gasteiger partial charge in [0.15, 0.2) is 11.5 Å². The van der Waals surface area contributed by atoms with Crippen molar-refractivity contribution in [1.29, 1.82) is 0 Å². The number of hydrogen-bond donors (Lipinski definition) is 0. The summed E-state index contributed by atoms with van der Waals surface area (Å²) in [5.41, 5.74) is 3.97. The summed E-state index contributed by atoms with van der Waals surface area (Å²) in [4.78, 5) is 0. The Balaban J connectivity index is 1.53. The van der Waals surface area contributed by atoms with Gasteiger partial charge in [-0.1, -0.05) is 24.3 Å². The van der Waals surface area contributed by atoms with Crippen molar-refractivity contribution in [3.63, 3.8) is 0 Å². The van der Waals surface area contributed by atoms with Crippen molar-refractivity contribution in [2.75, 3.05) is 20.3 Å². The largest absolute Gasteiger partial charge is 0.494 e. The zero-order chi connectivity index (χ0) is 24.4. The first kappa shape index (κ1) is 23.1. The van der Waals surface area contributed by atoms with Crippen molar-refractivity contribution in [2.45, 2.75) is 25.6 Å². The van der Waals surface area contributed by atoms with Gasteiger partial charge in [-0.15, -0.1) is 0 Å². The Hall–Kier alpha value is -3.64. The molecule has 0 unspecified atom stereocenters. The summed E-state index contributed by atoms with van der Waals surface area (Å²) in [6, 6.07) is 19.6. The monoisotopic (exact) mass is 490 g/mol. The number of hydrazone groups is 1. The number of hydrogen-bond acceptors (Lipinski definition) is 6. The molecule has 0 saturated carbocycles. The Morgan fingerprint density at radius 3 is 2.66 bits per heavy atom. The third kappa shape index (κ3) is 4.54. The molecule has 0 bridgehead atoms. The average molecular weight is 491 g/mol. The molecule has 0 spiro atoms. The molecule has 5 rings (SSSR count). The predicted octanol–water partition coefficient (Wildman–Crippen LogP) is 6.55. The molecular formula is C28H27ClN2O4. The number of benzene rings is 3. The van der Waals surface area contributed by atoms with Gasteiger partial charge < -0.3 is 18.9 Å². The first-order valence-electron chi connectivity index (χ1n) is 11.6. The highest BCUT2D eigenvalue weighted by Gasteiger charge is 2.41. The lowest BCUT2D eigenvalue weighted by molar-refractivity contribution is -0.0191. The summed E-state index contributed by atoms with van der Waals surface area (Å²) < 4.78 is 23.4. The third-order valence-corrected chi connectivity index (χ3v) is 6.32. The van der Waals surface area contributed by atoms with Gasteiger partial charge in [-0.25, -0.2) is 5.01 Å². The van der Waals surface area contributed by atoms with E-state index in [0.29, 0.717) is 29.7 Å². The quantitative estimate of drug-likeness (QED) is 0.335. The molecule has 3 aromatic carbocycles. The summed E-state index contributed by atoms with van der Waals surface area (Å²) in [7, 11) is 1.62. The summed E-state index contributed by atoms with van der Waals surface area (Å²) >= 11 is 6.36. The normalized spacial score (nSPS) is 18.1. The number of nitrogens with zero attached hydrogens (tertiary/aromatic N) is 2. The number of halogens is 1. The van der Waals surface area contributed by atoms with Crippen molar-refractivity contribution >= 4 is 17.3 Å². The minimum absolute atomic E-state index is 0.00768. The molecule has 0 saturated heterocycles. The number of fused-ring (bicyclic) bond motifs is 3. The van der Waals surface area contributed by atoms with E-state index < -0.39 is 6.23 Å². The van der Waals surface area contributed by atoms with Crippen LogP contribution in [-0.2, 0) is 0 Å². The second-order valence-electron chi connectivity index (χ2n) is 8.27.